The van der Waals surface area contributed by atoms with E-state index < -0.39 is 6.10 Å². The largest absolute Gasteiger partial charge is 0.481 e. The minimum absolute atomic E-state index is 0.169. The summed E-state index contributed by atoms with van der Waals surface area (Å²) in [6.45, 7) is 0.169. The van der Waals surface area contributed by atoms with Crippen molar-refractivity contribution < 1.29 is 9.84 Å². The molecule has 0 aliphatic rings. The van der Waals surface area contributed by atoms with Gasteiger partial charge in [-0.3, -0.25) is 0 Å². The molecule has 0 saturated carbocycles. The predicted molar refractivity (Wildman–Crippen MR) is 43.8 cm³/mol. The van der Waals surface area contributed by atoms with E-state index in [1.54, 1.807) is 17.9 Å². The van der Waals surface area contributed by atoms with Crippen LogP contribution in [-0.4, -0.2) is 28.5 Å². The molecular formula is C7H13N3O2. The van der Waals surface area contributed by atoms with Crippen LogP contribution in [0, 0.1) is 0 Å². The van der Waals surface area contributed by atoms with Crippen LogP contribution < -0.4 is 10.5 Å². The van der Waals surface area contributed by atoms with Crippen molar-refractivity contribution in [3.05, 3.63) is 11.8 Å². The summed E-state index contributed by atoms with van der Waals surface area (Å²) in [6, 6.07) is 0. The van der Waals surface area contributed by atoms with Gasteiger partial charge < -0.3 is 15.6 Å². The number of aromatic nitrogens is 2. The summed E-state index contributed by atoms with van der Waals surface area (Å²) in [5.41, 5.74) is 5.92. The first-order chi connectivity index (χ1) is 5.70. The van der Waals surface area contributed by atoms with Gasteiger partial charge in [0.05, 0.1) is 25.0 Å². The molecule has 0 saturated heterocycles. The molecule has 0 bridgehead atoms. The lowest BCUT2D eigenvalue weighted by atomic mass is 10.2. The van der Waals surface area contributed by atoms with Crippen molar-refractivity contribution in [1.82, 2.24) is 9.78 Å². The fourth-order valence-corrected chi connectivity index (χ4v) is 1.05. The van der Waals surface area contributed by atoms with Crippen molar-refractivity contribution in [3.63, 3.8) is 0 Å². The van der Waals surface area contributed by atoms with Gasteiger partial charge in [-0.1, -0.05) is 0 Å². The molecule has 68 valence electrons. The number of hydrogen-bond donors (Lipinski definition) is 2. The molecule has 12 heavy (non-hydrogen) atoms. The van der Waals surface area contributed by atoms with Crippen LogP contribution in [0.15, 0.2) is 6.20 Å². The highest BCUT2D eigenvalue weighted by Crippen LogP contribution is 2.22. The highest BCUT2D eigenvalue weighted by Gasteiger charge is 2.15. The molecule has 3 N–H and O–H groups in total. The number of ether oxygens (including phenoxy) is 1. The number of hydrogen-bond acceptors (Lipinski definition) is 4. The predicted octanol–water partition coefficient (Wildman–Crippen LogP) is -0.579. The molecule has 0 aliphatic carbocycles. The highest BCUT2D eigenvalue weighted by atomic mass is 16.5. The first-order valence-corrected chi connectivity index (χ1v) is 3.64. The minimum atomic E-state index is -0.700. The van der Waals surface area contributed by atoms with E-state index in [1.807, 2.05) is 0 Å². The fraction of sp³-hybridized carbons (Fsp3) is 0.571. The Morgan fingerprint density at radius 3 is 3.00 bits per heavy atom. The lowest BCUT2D eigenvalue weighted by molar-refractivity contribution is 0.181. The van der Waals surface area contributed by atoms with Crippen LogP contribution >= 0.6 is 0 Å². The molecule has 0 fully saturated rings. The van der Waals surface area contributed by atoms with Gasteiger partial charge in [-0.15, -0.1) is 0 Å². The zero-order valence-corrected chi connectivity index (χ0v) is 7.19. The van der Waals surface area contributed by atoms with E-state index in [4.69, 9.17) is 10.5 Å². The van der Waals surface area contributed by atoms with E-state index in [9.17, 15) is 5.11 Å². The van der Waals surface area contributed by atoms with Crippen LogP contribution in [0.4, 0.5) is 0 Å². The molecule has 0 amide bonds. The van der Waals surface area contributed by atoms with E-state index >= 15 is 0 Å². The third-order valence-corrected chi connectivity index (χ3v) is 1.69. The van der Waals surface area contributed by atoms with Crippen molar-refractivity contribution >= 4 is 0 Å². The van der Waals surface area contributed by atoms with E-state index in [0.29, 0.717) is 11.4 Å². The second kappa shape index (κ2) is 3.55. The Hall–Kier alpha value is -1.07. The molecular weight excluding hydrogens is 158 g/mol. The first-order valence-electron chi connectivity index (χ1n) is 3.64. The third-order valence-electron chi connectivity index (χ3n) is 1.69. The zero-order valence-electron chi connectivity index (χ0n) is 7.19. The van der Waals surface area contributed by atoms with E-state index in [1.165, 1.54) is 7.11 Å². The van der Waals surface area contributed by atoms with Crippen molar-refractivity contribution in [2.24, 2.45) is 12.8 Å². The molecule has 0 aromatic carbocycles. The molecule has 1 heterocycles. The van der Waals surface area contributed by atoms with Crippen LogP contribution in [0.3, 0.4) is 0 Å². The number of nitrogens with two attached hydrogens (primary N) is 1. The van der Waals surface area contributed by atoms with E-state index in [-0.39, 0.29) is 6.54 Å². The summed E-state index contributed by atoms with van der Waals surface area (Å²) in [6.07, 6.45) is 0.852. The lowest BCUT2D eigenvalue weighted by Gasteiger charge is -2.07. The normalized spacial score (nSPS) is 13.0. The number of aliphatic hydroxyl groups excluding tert-OH is 1. The topological polar surface area (TPSA) is 73.3 Å². The van der Waals surface area contributed by atoms with Gasteiger partial charge in [-0.2, -0.15) is 5.10 Å². The van der Waals surface area contributed by atoms with Crippen molar-refractivity contribution in [3.8, 4) is 5.88 Å². The van der Waals surface area contributed by atoms with Crippen LogP contribution in [0.5, 0.6) is 5.88 Å². The monoisotopic (exact) mass is 171 g/mol. The molecule has 1 rings (SSSR count). The molecule has 5 heteroatoms. The minimum Gasteiger partial charge on any atom is -0.481 e. The van der Waals surface area contributed by atoms with Crippen LogP contribution in [0.2, 0.25) is 0 Å². The van der Waals surface area contributed by atoms with Gasteiger partial charge in [0.15, 0.2) is 0 Å². The Morgan fingerprint density at radius 1 is 1.83 bits per heavy atom. The Labute approximate surface area is 70.7 Å². The first kappa shape index (κ1) is 9.02. The molecule has 1 unspecified atom stereocenters. The summed E-state index contributed by atoms with van der Waals surface area (Å²) in [5.74, 6) is 0.549. The van der Waals surface area contributed by atoms with Crippen LogP contribution in [0.1, 0.15) is 11.7 Å². The molecule has 1 aromatic rings. The van der Waals surface area contributed by atoms with Crippen molar-refractivity contribution in [1.29, 1.82) is 0 Å². The van der Waals surface area contributed by atoms with Gasteiger partial charge in [0.1, 0.15) is 0 Å². The number of methoxy groups -OCH3 is 1. The maximum atomic E-state index is 9.40. The molecule has 0 spiro atoms. The second-order valence-electron chi connectivity index (χ2n) is 2.48. The van der Waals surface area contributed by atoms with E-state index in [0.717, 1.165) is 0 Å². The second-order valence-corrected chi connectivity index (χ2v) is 2.48. The van der Waals surface area contributed by atoms with Crippen LogP contribution in [0.25, 0.3) is 0 Å². The Morgan fingerprint density at radius 2 is 2.50 bits per heavy atom. The maximum absolute atomic E-state index is 9.40. The zero-order chi connectivity index (χ0) is 9.14. The van der Waals surface area contributed by atoms with Gasteiger partial charge in [-0.05, 0) is 0 Å². The standard InChI is InChI=1S/C7H13N3O2/c1-10-7(12-2)5(4-9-10)6(11)3-8/h4,6,11H,3,8H2,1-2H3. The van der Waals surface area contributed by atoms with E-state index in [2.05, 4.69) is 5.10 Å². The summed E-state index contributed by atoms with van der Waals surface area (Å²) >= 11 is 0. The highest BCUT2D eigenvalue weighted by molar-refractivity contribution is 5.26. The summed E-state index contributed by atoms with van der Waals surface area (Å²) in [5, 5.41) is 13.3. The van der Waals surface area contributed by atoms with Crippen molar-refractivity contribution in [2.45, 2.75) is 6.10 Å². The smallest absolute Gasteiger partial charge is 0.217 e. The quantitative estimate of drug-likeness (QED) is 0.638. The number of rotatable bonds is 3. The summed E-state index contributed by atoms with van der Waals surface area (Å²) in [7, 11) is 3.27. The Kier molecular flexibility index (Phi) is 2.67. The lowest BCUT2D eigenvalue weighted by Crippen LogP contribution is -2.12. The molecule has 1 atom stereocenters. The number of aliphatic hydroxyl groups is 1. The number of nitrogens with zero attached hydrogens (tertiary/aromatic N) is 2. The SMILES string of the molecule is COc1c(C(O)CN)cnn1C. The van der Waals surface area contributed by atoms with Gasteiger partial charge in [0.25, 0.3) is 0 Å². The molecule has 5 nitrogen and oxygen atoms in total. The Balaban J connectivity index is 2.98. The Bertz CT molecular complexity index is 259. The number of aryl methyl sites for hydroxylation is 1. The third kappa shape index (κ3) is 1.41. The van der Waals surface area contributed by atoms with Crippen LogP contribution in [-0.2, 0) is 7.05 Å². The fourth-order valence-electron chi connectivity index (χ4n) is 1.05. The maximum Gasteiger partial charge on any atom is 0.217 e. The average Bonchev–Trinajstić information content (AvgIpc) is 2.45. The molecule has 0 aliphatic heterocycles. The molecule has 1 aromatic heterocycles. The van der Waals surface area contributed by atoms with Gasteiger partial charge in [0.2, 0.25) is 5.88 Å². The molecule has 0 radical (unpaired) electrons. The summed E-state index contributed by atoms with van der Waals surface area (Å²) in [4.78, 5) is 0. The van der Waals surface area contributed by atoms with Gasteiger partial charge in [0, 0.05) is 13.6 Å². The van der Waals surface area contributed by atoms with Crippen molar-refractivity contribution in [2.75, 3.05) is 13.7 Å². The van der Waals surface area contributed by atoms with Gasteiger partial charge in [-0.25, -0.2) is 4.68 Å². The average molecular weight is 171 g/mol. The van der Waals surface area contributed by atoms with Gasteiger partial charge >= 0.3 is 0 Å². The summed E-state index contributed by atoms with van der Waals surface area (Å²) < 4.78 is 6.57.